The van der Waals surface area contributed by atoms with Gasteiger partial charge in [-0.3, -0.25) is 5.10 Å². The van der Waals surface area contributed by atoms with Crippen molar-refractivity contribution in [2.45, 2.75) is 0 Å². The molecule has 0 fully saturated rings. The third-order valence-corrected chi connectivity index (χ3v) is 1.41. The van der Waals surface area contributed by atoms with Gasteiger partial charge in [0.25, 0.3) is 0 Å². The lowest BCUT2D eigenvalue weighted by molar-refractivity contribution is 1.09. The van der Waals surface area contributed by atoms with Crippen LogP contribution in [0.25, 0.3) is 11.3 Å². The summed E-state index contributed by atoms with van der Waals surface area (Å²) >= 11 is 0. The molecule has 0 saturated heterocycles. The summed E-state index contributed by atoms with van der Waals surface area (Å²) in [5.74, 6) is 0. The number of aromatic amines is 2. The third kappa shape index (κ3) is 0.719. The lowest BCUT2D eigenvalue weighted by Crippen LogP contribution is -1.68. The van der Waals surface area contributed by atoms with Gasteiger partial charge in [0, 0.05) is 23.7 Å². The lowest BCUT2D eigenvalue weighted by Gasteiger charge is -1.85. The number of aromatic nitrogens is 3. The highest BCUT2D eigenvalue weighted by Gasteiger charge is 1.95. The van der Waals surface area contributed by atoms with Gasteiger partial charge >= 0.3 is 0 Å². The van der Waals surface area contributed by atoms with Gasteiger partial charge in [-0.15, -0.1) is 0 Å². The van der Waals surface area contributed by atoms with Crippen LogP contribution in [0.2, 0.25) is 0 Å². The quantitative estimate of drug-likeness (QED) is 0.606. The Morgan fingerprint density at radius 1 is 1.40 bits per heavy atom. The summed E-state index contributed by atoms with van der Waals surface area (Å²) in [5, 5.41) is 6.58. The van der Waals surface area contributed by atoms with Gasteiger partial charge in [0.1, 0.15) is 0 Å². The van der Waals surface area contributed by atoms with Crippen LogP contribution in [0.4, 0.5) is 0 Å². The summed E-state index contributed by atoms with van der Waals surface area (Å²) in [5.41, 5.74) is 2.18. The maximum absolute atomic E-state index is 3.83. The molecule has 2 aromatic heterocycles. The van der Waals surface area contributed by atoms with Crippen molar-refractivity contribution in [2.24, 2.45) is 0 Å². The van der Waals surface area contributed by atoms with Crippen molar-refractivity contribution in [3.8, 4) is 11.3 Å². The summed E-state index contributed by atoms with van der Waals surface area (Å²) in [4.78, 5) is 3.08. The van der Waals surface area contributed by atoms with Crippen LogP contribution < -0.4 is 0 Å². The van der Waals surface area contributed by atoms with Crippen LogP contribution in [0.15, 0.2) is 30.7 Å². The molecule has 50 valence electrons. The standard InChI is InChI=1S/C7H7N3/c1-2-7(8-3-1)6-4-9-10-5-6/h1-5,8H,(H,9,10). The van der Waals surface area contributed by atoms with E-state index in [9.17, 15) is 0 Å². The number of nitrogens with one attached hydrogen (secondary N) is 2. The van der Waals surface area contributed by atoms with E-state index < -0.39 is 0 Å². The van der Waals surface area contributed by atoms with Gasteiger partial charge in [0.2, 0.25) is 0 Å². The maximum Gasteiger partial charge on any atom is 0.0580 e. The average molecular weight is 133 g/mol. The fourth-order valence-corrected chi connectivity index (χ4v) is 0.908. The van der Waals surface area contributed by atoms with E-state index in [1.54, 1.807) is 6.20 Å². The van der Waals surface area contributed by atoms with Crippen molar-refractivity contribution >= 4 is 0 Å². The van der Waals surface area contributed by atoms with Crippen molar-refractivity contribution in [2.75, 3.05) is 0 Å². The molecule has 0 aliphatic carbocycles. The Labute approximate surface area is 58.1 Å². The number of hydrogen-bond donors (Lipinski definition) is 2. The molecule has 0 unspecified atom stereocenters. The number of H-pyrrole nitrogens is 2. The van der Waals surface area contributed by atoms with Gasteiger partial charge in [0.05, 0.1) is 6.20 Å². The Bertz CT molecular complexity index is 248. The molecular weight excluding hydrogens is 126 g/mol. The minimum Gasteiger partial charge on any atom is -0.361 e. The molecule has 2 aromatic rings. The first kappa shape index (κ1) is 5.29. The second kappa shape index (κ2) is 2.02. The van der Waals surface area contributed by atoms with E-state index >= 15 is 0 Å². The van der Waals surface area contributed by atoms with Crippen LogP contribution in [0.3, 0.4) is 0 Å². The molecule has 10 heavy (non-hydrogen) atoms. The molecular formula is C7H7N3. The minimum absolute atomic E-state index is 1.09. The second-order valence-corrected chi connectivity index (χ2v) is 2.07. The van der Waals surface area contributed by atoms with Gasteiger partial charge in [-0.2, -0.15) is 5.10 Å². The first-order valence-corrected chi connectivity index (χ1v) is 3.09. The Hall–Kier alpha value is -1.51. The summed E-state index contributed by atoms with van der Waals surface area (Å²) in [6.07, 6.45) is 5.53. The molecule has 0 atom stereocenters. The summed E-state index contributed by atoms with van der Waals surface area (Å²) in [6, 6.07) is 3.97. The molecule has 3 heteroatoms. The highest BCUT2D eigenvalue weighted by molar-refractivity contribution is 5.56. The Kier molecular flexibility index (Phi) is 1.07. The topological polar surface area (TPSA) is 44.5 Å². The molecule has 0 saturated carbocycles. The van der Waals surface area contributed by atoms with E-state index in [4.69, 9.17) is 0 Å². The van der Waals surface area contributed by atoms with Crippen LogP contribution in [0.1, 0.15) is 0 Å². The number of nitrogens with zero attached hydrogens (tertiary/aromatic N) is 1. The maximum atomic E-state index is 3.83. The zero-order chi connectivity index (χ0) is 6.81. The molecule has 3 nitrogen and oxygen atoms in total. The fraction of sp³-hybridized carbons (Fsp3) is 0. The fourth-order valence-electron chi connectivity index (χ4n) is 0.908. The molecule has 0 amide bonds. The Balaban J connectivity index is 2.48. The molecule has 0 radical (unpaired) electrons. The molecule has 2 N–H and O–H groups in total. The summed E-state index contributed by atoms with van der Waals surface area (Å²) in [6.45, 7) is 0. The van der Waals surface area contributed by atoms with Crippen LogP contribution in [-0.2, 0) is 0 Å². The average Bonchev–Trinajstić information content (AvgIpc) is 2.59. The van der Waals surface area contributed by atoms with Crippen molar-refractivity contribution in [3.05, 3.63) is 30.7 Å². The zero-order valence-electron chi connectivity index (χ0n) is 5.33. The first-order chi connectivity index (χ1) is 4.97. The molecule has 0 aliphatic heterocycles. The van der Waals surface area contributed by atoms with Gasteiger partial charge in [0.15, 0.2) is 0 Å². The predicted octanol–water partition coefficient (Wildman–Crippen LogP) is 1.40. The van der Waals surface area contributed by atoms with Gasteiger partial charge in [-0.05, 0) is 12.1 Å². The van der Waals surface area contributed by atoms with Crippen molar-refractivity contribution < 1.29 is 0 Å². The number of hydrogen-bond acceptors (Lipinski definition) is 1. The van der Waals surface area contributed by atoms with E-state index in [0.717, 1.165) is 11.3 Å². The van der Waals surface area contributed by atoms with Gasteiger partial charge in [-0.1, -0.05) is 0 Å². The third-order valence-electron chi connectivity index (χ3n) is 1.41. The van der Waals surface area contributed by atoms with E-state index in [1.165, 1.54) is 0 Å². The molecule has 0 spiro atoms. The van der Waals surface area contributed by atoms with E-state index in [0.29, 0.717) is 0 Å². The number of rotatable bonds is 1. The lowest BCUT2D eigenvalue weighted by atomic mass is 10.3. The normalized spacial score (nSPS) is 10.0. The Morgan fingerprint density at radius 3 is 3.00 bits per heavy atom. The van der Waals surface area contributed by atoms with Crippen LogP contribution >= 0.6 is 0 Å². The zero-order valence-corrected chi connectivity index (χ0v) is 5.33. The first-order valence-electron chi connectivity index (χ1n) is 3.09. The minimum atomic E-state index is 1.09. The van der Waals surface area contributed by atoms with Gasteiger partial charge in [-0.25, -0.2) is 0 Å². The molecule has 0 aromatic carbocycles. The van der Waals surface area contributed by atoms with Crippen LogP contribution in [-0.4, -0.2) is 15.2 Å². The van der Waals surface area contributed by atoms with E-state index in [1.807, 2.05) is 24.5 Å². The molecule has 2 rings (SSSR count). The van der Waals surface area contributed by atoms with Crippen LogP contribution in [0, 0.1) is 0 Å². The smallest absolute Gasteiger partial charge is 0.0580 e. The molecule has 2 heterocycles. The van der Waals surface area contributed by atoms with Crippen molar-refractivity contribution in [1.29, 1.82) is 0 Å². The van der Waals surface area contributed by atoms with Crippen molar-refractivity contribution in [1.82, 2.24) is 15.2 Å². The SMILES string of the molecule is c1c[nH]c(-c2cn[nH]c2)c1. The summed E-state index contributed by atoms with van der Waals surface area (Å²) in [7, 11) is 0. The van der Waals surface area contributed by atoms with E-state index in [2.05, 4.69) is 15.2 Å². The second-order valence-electron chi connectivity index (χ2n) is 2.07. The summed E-state index contributed by atoms with van der Waals surface area (Å²) < 4.78 is 0. The largest absolute Gasteiger partial charge is 0.361 e. The Morgan fingerprint density at radius 2 is 2.40 bits per heavy atom. The monoisotopic (exact) mass is 133 g/mol. The highest BCUT2D eigenvalue weighted by atomic mass is 15.1. The molecule has 0 bridgehead atoms. The molecule has 0 aliphatic rings. The van der Waals surface area contributed by atoms with Gasteiger partial charge < -0.3 is 4.98 Å². The van der Waals surface area contributed by atoms with E-state index in [-0.39, 0.29) is 0 Å². The van der Waals surface area contributed by atoms with Crippen molar-refractivity contribution in [3.63, 3.8) is 0 Å². The highest BCUT2D eigenvalue weighted by Crippen LogP contribution is 2.12. The predicted molar refractivity (Wildman–Crippen MR) is 38.4 cm³/mol. The van der Waals surface area contributed by atoms with Crippen LogP contribution in [0.5, 0.6) is 0 Å².